The summed E-state index contributed by atoms with van der Waals surface area (Å²) in [6.45, 7) is 3.03. The number of hydrogen-bond donors (Lipinski definition) is 0. The third-order valence-corrected chi connectivity index (χ3v) is 4.14. The third kappa shape index (κ3) is 10.1. The van der Waals surface area contributed by atoms with E-state index in [0.29, 0.717) is 6.42 Å². The third-order valence-electron chi connectivity index (χ3n) is 4.14. The molecule has 2 atom stereocenters. The number of unbranched alkanes of at least 4 members (excludes halogenated alkanes) is 5. The van der Waals surface area contributed by atoms with Crippen molar-refractivity contribution < 1.29 is 14.3 Å². The zero-order chi connectivity index (χ0) is 15.9. The number of aldehydes is 1. The second-order valence-electron chi connectivity index (χ2n) is 6.21. The van der Waals surface area contributed by atoms with Crippen LogP contribution in [0.2, 0.25) is 0 Å². The van der Waals surface area contributed by atoms with Gasteiger partial charge in [-0.2, -0.15) is 0 Å². The fourth-order valence-corrected chi connectivity index (χ4v) is 2.77. The number of carbonyl (C=O) groups is 1. The molecule has 0 spiro atoms. The van der Waals surface area contributed by atoms with Crippen molar-refractivity contribution >= 4 is 6.29 Å². The highest BCUT2D eigenvalue weighted by Crippen LogP contribution is 2.18. The average molecular weight is 310 g/mol. The molecule has 1 aliphatic heterocycles. The maximum absolute atomic E-state index is 10.8. The van der Waals surface area contributed by atoms with Crippen LogP contribution in [0, 0.1) is 0 Å². The predicted molar refractivity (Wildman–Crippen MR) is 90.9 cm³/mol. The Morgan fingerprint density at radius 2 is 1.95 bits per heavy atom. The summed E-state index contributed by atoms with van der Waals surface area (Å²) in [5.41, 5.74) is 0. The first-order valence-corrected chi connectivity index (χ1v) is 9.22. The topological polar surface area (TPSA) is 35.5 Å². The second kappa shape index (κ2) is 14.0. The minimum Gasteiger partial charge on any atom is -0.353 e. The Morgan fingerprint density at radius 1 is 1.14 bits per heavy atom. The summed E-state index contributed by atoms with van der Waals surface area (Å²) in [6, 6.07) is 0. The number of carbonyl (C=O) groups excluding carboxylic acids is 1. The summed E-state index contributed by atoms with van der Waals surface area (Å²) >= 11 is 0. The highest BCUT2D eigenvalue weighted by molar-refractivity contribution is 5.50. The molecule has 0 bridgehead atoms. The first-order chi connectivity index (χ1) is 10.9. The molecule has 1 unspecified atom stereocenters. The van der Waals surface area contributed by atoms with Crippen molar-refractivity contribution in [2.75, 3.05) is 6.61 Å². The van der Waals surface area contributed by atoms with Gasteiger partial charge in [0.05, 0.1) is 6.10 Å². The largest absolute Gasteiger partial charge is 0.353 e. The Hall–Kier alpha value is -0.670. The molecule has 0 N–H and O–H groups in total. The molecule has 1 heterocycles. The van der Waals surface area contributed by atoms with Gasteiger partial charge in [0.2, 0.25) is 0 Å². The smallest absolute Gasteiger partial charge is 0.157 e. The van der Waals surface area contributed by atoms with Crippen molar-refractivity contribution in [3.63, 3.8) is 0 Å². The Kier molecular flexibility index (Phi) is 12.3. The molecule has 0 radical (unpaired) electrons. The van der Waals surface area contributed by atoms with Crippen molar-refractivity contribution in [3.8, 4) is 0 Å². The van der Waals surface area contributed by atoms with Crippen LogP contribution in [0.5, 0.6) is 0 Å². The predicted octanol–water partition coefficient (Wildman–Crippen LogP) is 5.18. The number of ether oxygens (including phenoxy) is 2. The Labute approximate surface area is 136 Å². The SMILES string of the molecule is CCCCCCC/C=C\CCC(CC=O)O[C@@H]1CCCCO1. The van der Waals surface area contributed by atoms with Gasteiger partial charge in [-0.15, -0.1) is 0 Å². The van der Waals surface area contributed by atoms with Crippen molar-refractivity contribution in [2.45, 2.75) is 96.4 Å². The van der Waals surface area contributed by atoms with E-state index in [1.807, 2.05) is 0 Å². The minimum absolute atomic E-state index is 0.00908. The van der Waals surface area contributed by atoms with Crippen LogP contribution >= 0.6 is 0 Å². The zero-order valence-corrected chi connectivity index (χ0v) is 14.3. The molecule has 0 aromatic heterocycles. The molecule has 3 nitrogen and oxygen atoms in total. The summed E-state index contributed by atoms with van der Waals surface area (Å²) in [4.78, 5) is 10.8. The number of hydrogen-bond acceptors (Lipinski definition) is 3. The van der Waals surface area contributed by atoms with E-state index in [-0.39, 0.29) is 12.4 Å². The molecule has 1 fully saturated rings. The van der Waals surface area contributed by atoms with Crippen molar-refractivity contribution in [1.82, 2.24) is 0 Å². The molecule has 0 amide bonds. The van der Waals surface area contributed by atoms with Gasteiger partial charge in [-0.3, -0.25) is 0 Å². The fourth-order valence-electron chi connectivity index (χ4n) is 2.77. The van der Waals surface area contributed by atoms with Gasteiger partial charge in [-0.05, 0) is 44.9 Å². The molecule has 128 valence electrons. The summed E-state index contributed by atoms with van der Waals surface area (Å²) in [5, 5.41) is 0. The maximum Gasteiger partial charge on any atom is 0.157 e. The molecule has 22 heavy (non-hydrogen) atoms. The molecule has 0 aromatic rings. The summed E-state index contributed by atoms with van der Waals surface area (Å²) in [5.74, 6) is 0. The fraction of sp³-hybridized carbons (Fsp3) is 0.842. The molecule has 3 heteroatoms. The van der Waals surface area contributed by atoms with Gasteiger partial charge < -0.3 is 14.3 Å². The number of rotatable bonds is 13. The van der Waals surface area contributed by atoms with E-state index in [1.54, 1.807) is 0 Å². The standard InChI is InChI=1S/C19H34O3/c1-2-3-4-5-6-7-8-9-10-13-18(15-16-20)22-19-14-11-12-17-21-19/h8-9,16,18-19H,2-7,10-15,17H2,1H3/b9-8-/t18?,19-/m1/s1. The summed E-state index contributed by atoms with van der Waals surface area (Å²) < 4.78 is 11.5. The van der Waals surface area contributed by atoms with E-state index in [0.717, 1.165) is 45.0 Å². The lowest BCUT2D eigenvalue weighted by molar-refractivity contribution is -0.189. The molecular weight excluding hydrogens is 276 g/mol. The summed E-state index contributed by atoms with van der Waals surface area (Å²) in [7, 11) is 0. The summed E-state index contributed by atoms with van der Waals surface area (Å²) in [6.07, 6.45) is 18.8. The Morgan fingerprint density at radius 3 is 2.68 bits per heavy atom. The van der Waals surface area contributed by atoms with Crippen LogP contribution in [0.25, 0.3) is 0 Å². The van der Waals surface area contributed by atoms with Gasteiger partial charge in [0.25, 0.3) is 0 Å². The van der Waals surface area contributed by atoms with Crippen LogP contribution in [-0.4, -0.2) is 25.3 Å². The van der Waals surface area contributed by atoms with Crippen LogP contribution < -0.4 is 0 Å². The molecule has 0 aliphatic carbocycles. The Bertz CT molecular complexity index is 282. The van der Waals surface area contributed by atoms with E-state index in [1.165, 1.54) is 38.5 Å². The first kappa shape index (κ1) is 19.4. The van der Waals surface area contributed by atoms with Crippen LogP contribution in [0.3, 0.4) is 0 Å². The van der Waals surface area contributed by atoms with E-state index < -0.39 is 0 Å². The van der Waals surface area contributed by atoms with Crippen molar-refractivity contribution in [3.05, 3.63) is 12.2 Å². The average Bonchev–Trinajstić information content (AvgIpc) is 2.54. The second-order valence-corrected chi connectivity index (χ2v) is 6.21. The molecule has 0 aromatic carbocycles. The lowest BCUT2D eigenvalue weighted by atomic mass is 10.1. The molecule has 0 saturated carbocycles. The minimum atomic E-state index is -0.0961. The zero-order valence-electron chi connectivity index (χ0n) is 14.3. The normalized spacial score (nSPS) is 20.3. The first-order valence-electron chi connectivity index (χ1n) is 9.22. The van der Waals surface area contributed by atoms with Crippen molar-refractivity contribution in [2.24, 2.45) is 0 Å². The quantitative estimate of drug-likeness (QED) is 0.267. The van der Waals surface area contributed by atoms with Crippen LogP contribution in [0.1, 0.15) is 84.0 Å². The maximum atomic E-state index is 10.8. The van der Waals surface area contributed by atoms with Crippen LogP contribution in [0.4, 0.5) is 0 Å². The van der Waals surface area contributed by atoms with E-state index >= 15 is 0 Å². The molecule has 1 aliphatic rings. The molecular formula is C19H34O3. The van der Waals surface area contributed by atoms with Gasteiger partial charge in [-0.1, -0.05) is 44.8 Å². The lowest BCUT2D eigenvalue weighted by Crippen LogP contribution is -2.28. The molecule has 1 saturated heterocycles. The van der Waals surface area contributed by atoms with Gasteiger partial charge in [0, 0.05) is 13.0 Å². The van der Waals surface area contributed by atoms with E-state index in [2.05, 4.69) is 19.1 Å². The van der Waals surface area contributed by atoms with E-state index in [9.17, 15) is 4.79 Å². The van der Waals surface area contributed by atoms with Gasteiger partial charge in [-0.25, -0.2) is 0 Å². The highest BCUT2D eigenvalue weighted by atomic mass is 16.7. The van der Waals surface area contributed by atoms with Gasteiger partial charge in [0.1, 0.15) is 6.29 Å². The van der Waals surface area contributed by atoms with Crippen molar-refractivity contribution in [1.29, 1.82) is 0 Å². The van der Waals surface area contributed by atoms with Crippen LogP contribution in [-0.2, 0) is 14.3 Å². The van der Waals surface area contributed by atoms with Crippen LogP contribution in [0.15, 0.2) is 12.2 Å². The molecule has 1 rings (SSSR count). The van der Waals surface area contributed by atoms with E-state index in [4.69, 9.17) is 9.47 Å². The Balaban J connectivity index is 2.08. The lowest BCUT2D eigenvalue weighted by Gasteiger charge is -2.26. The monoisotopic (exact) mass is 310 g/mol. The number of allylic oxidation sites excluding steroid dienone is 2. The van der Waals surface area contributed by atoms with Gasteiger partial charge >= 0.3 is 0 Å². The van der Waals surface area contributed by atoms with Gasteiger partial charge in [0.15, 0.2) is 6.29 Å². The highest BCUT2D eigenvalue weighted by Gasteiger charge is 2.19.